The fraction of sp³-hybridized carbons (Fsp3) is 0. The van der Waals surface area contributed by atoms with Crippen LogP contribution in [0.3, 0.4) is 0 Å². The van der Waals surface area contributed by atoms with Crippen molar-refractivity contribution in [3.8, 4) is 5.69 Å². The molecule has 0 bridgehead atoms. The molecule has 5 heteroatoms. The van der Waals surface area contributed by atoms with E-state index in [1.165, 1.54) is 0 Å². The Hall–Kier alpha value is -2.92. The first-order chi connectivity index (χ1) is 11.6. The van der Waals surface area contributed by atoms with Gasteiger partial charge in [0.2, 0.25) is 9.84 Å². The van der Waals surface area contributed by atoms with Crippen molar-refractivity contribution in [3.05, 3.63) is 77.0 Å². The standard InChI is InChI=1S/C19H11NO3S/c21-19-12-6-1-2-8-14(12)20-15-9-3-4-10-16(15)24(22,23)17-11-5-7-13(19)18(17)20/h1-11H. The van der Waals surface area contributed by atoms with E-state index in [0.717, 1.165) is 0 Å². The van der Waals surface area contributed by atoms with E-state index >= 15 is 0 Å². The highest BCUT2D eigenvalue weighted by molar-refractivity contribution is 7.92. The Morgan fingerprint density at radius 1 is 0.708 bits per heavy atom. The molecule has 3 aromatic carbocycles. The molecule has 4 nitrogen and oxygen atoms in total. The summed E-state index contributed by atoms with van der Waals surface area (Å²) in [6, 6.07) is 19.1. The van der Waals surface area contributed by atoms with Crippen molar-refractivity contribution < 1.29 is 8.42 Å². The average Bonchev–Trinajstić information content (AvgIpc) is 2.61. The van der Waals surface area contributed by atoms with Crippen LogP contribution in [-0.2, 0) is 9.84 Å². The molecule has 0 aliphatic carbocycles. The summed E-state index contributed by atoms with van der Waals surface area (Å²) in [5, 5.41) is 1.00. The number of hydrogen-bond donors (Lipinski definition) is 0. The van der Waals surface area contributed by atoms with Crippen molar-refractivity contribution in [2.75, 3.05) is 0 Å². The number of benzene rings is 3. The van der Waals surface area contributed by atoms with Crippen molar-refractivity contribution in [1.82, 2.24) is 4.57 Å². The molecule has 0 unspecified atom stereocenters. The van der Waals surface area contributed by atoms with Gasteiger partial charge >= 0.3 is 0 Å². The van der Waals surface area contributed by atoms with Gasteiger partial charge in [0, 0.05) is 10.8 Å². The maximum absolute atomic E-state index is 13.0. The van der Waals surface area contributed by atoms with E-state index in [-0.39, 0.29) is 15.2 Å². The van der Waals surface area contributed by atoms with Gasteiger partial charge < -0.3 is 4.57 Å². The third kappa shape index (κ3) is 1.47. The molecule has 24 heavy (non-hydrogen) atoms. The number of nitrogens with zero attached hydrogens (tertiary/aromatic N) is 1. The van der Waals surface area contributed by atoms with E-state index in [1.807, 2.05) is 22.8 Å². The second-order valence-corrected chi connectivity index (χ2v) is 7.69. The SMILES string of the molecule is O=c1c2ccccc2n2c3c(cccc13)S(=O)(=O)c1ccccc1-2. The number of hydrogen-bond acceptors (Lipinski definition) is 3. The fourth-order valence-electron chi connectivity index (χ4n) is 3.52. The number of pyridine rings is 1. The number of aromatic nitrogens is 1. The monoisotopic (exact) mass is 333 g/mol. The summed E-state index contributed by atoms with van der Waals surface area (Å²) in [6.07, 6.45) is 0. The Labute approximate surface area is 137 Å². The van der Waals surface area contributed by atoms with Crippen molar-refractivity contribution in [2.45, 2.75) is 9.79 Å². The summed E-state index contributed by atoms with van der Waals surface area (Å²) in [5.41, 5.74) is 1.61. The molecular formula is C19H11NO3S. The lowest BCUT2D eigenvalue weighted by molar-refractivity contribution is 0.594. The maximum atomic E-state index is 13.0. The number of para-hydroxylation sites is 3. The third-order valence-corrected chi connectivity index (χ3v) is 6.37. The van der Waals surface area contributed by atoms with Crippen molar-refractivity contribution in [3.63, 3.8) is 0 Å². The van der Waals surface area contributed by atoms with Crippen molar-refractivity contribution in [1.29, 1.82) is 0 Å². The fourth-order valence-corrected chi connectivity index (χ4v) is 5.16. The number of sulfone groups is 1. The largest absolute Gasteiger partial charge is 0.306 e. The Balaban J connectivity index is 2.24. The smallest absolute Gasteiger partial charge is 0.210 e. The van der Waals surface area contributed by atoms with Crippen LogP contribution in [0, 0.1) is 0 Å². The van der Waals surface area contributed by atoms with Gasteiger partial charge in [-0.1, -0.05) is 30.3 Å². The molecule has 2 heterocycles. The van der Waals surface area contributed by atoms with Gasteiger partial charge in [0.25, 0.3) is 0 Å². The molecule has 4 aromatic rings. The quantitative estimate of drug-likeness (QED) is 0.409. The molecule has 0 spiro atoms. The van der Waals surface area contributed by atoms with Gasteiger partial charge in [-0.25, -0.2) is 8.42 Å². The normalized spacial score (nSPS) is 14.7. The van der Waals surface area contributed by atoms with Gasteiger partial charge in [0.1, 0.15) is 0 Å². The first-order valence-electron chi connectivity index (χ1n) is 7.52. The second kappa shape index (κ2) is 4.33. The Morgan fingerprint density at radius 2 is 1.38 bits per heavy atom. The van der Waals surface area contributed by atoms with E-state index in [9.17, 15) is 13.2 Å². The van der Waals surface area contributed by atoms with Crippen molar-refractivity contribution in [2.24, 2.45) is 0 Å². The predicted molar refractivity (Wildman–Crippen MR) is 92.5 cm³/mol. The molecule has 1 aliphatic heterocycles. The minimum atomic E-state index is -3.65. The molecule has 0 saturated heterocycles. The van der Waals surface area contributed by atoms with E-state index in [0.29, 0.717) is 27.5 Å². The van der Waals surface area contributed by atoms with E-state index in [4.69, 9.17) is 0 Å². The van der Waals surface area contributed by atoms with Crippen LogP contribution in [0.2, 0.25) is 0 Å². The van der Waals surface area contributed by atoms with Gasteiger partial charge in [-0.05, 0) is 36.4 Å². The molecule has 1 aromatic heterocycles. The van der Waals surface area contributed by atoms with Gasteiger partial charge in [0.15, 0.2) is 5.43 Å². The first-order valence-corrected chi connectivity index (χ1v) is 9.00. The Bertz CT molecular complexity index is 1330. The van der Waals surface area contributed by atoms with E-state index < -0.39 is 9.84 Å². The molecule has 0 fully saturated rings. The molecule has 0 saturated carbocycles. The van der Waals surface area contributed by atoms with Gasteiger partial charge in [-0.2, -0.15) is 0 Å². The summed E-state index contributed by atoms with van der Waals surface area (Å²) in [5.74, 6) is 0. The zero-order valence-electron chi connectivity index (χ0n) is 12.4. The highest BCUT2D eigenvalue weighted by Gasteiger charge is 2.31. The second-order valence-electron chi connectivity index (χ2n) is 5.81. The van der Waals surface area contributed by atoms with Gasteiger partial charge in [0.05, 0.1) is 26.5 Å². The third-order valence-electron chi connectivity index (χ3n) is 4.54. The van der Waals surface area contributed by atoms with Crippen LogP contribution in [0.1, 0.15) is 0 Å². The molecule has 0 N–H and O–H groups in total. The Morgan fingerprint density at radius 3 is 2.25 bits per heavy atom. The molecule has 116 valence electrons. The van der Waals surface area contributed by atoms with Crippen LogP contribution in [0.25, 0.3) is 27.5 Å². The van der Waals surface area contributed by atoms with Crippen LogP contribution < -0.4 is 5.43 Å². The summed E-state index contributed by atoms with van der Waals surface area (Å²) in [7, 11) is -3.65. The predicted octanol–water partition coefficient (Wildman–Crippen LogP) is 3.29. The highest BCUT2D eigenvalue weighted by Crippen LogP contribution is 2.38. The summed E-state index contributed by atoms with van der Waals surface area (Å²) in [4.78, 5) is 13.3. The molecule has 5 rings (SSSR count). The minimum Gasteiger partial charge on any atom is -0.306 e. The zero-order valence-corrected chi connectivity index (χ0v) is 13.2. The molecule has 0 radical (unpaired) electrons. The van der Waals surface area contributed by atoms with Crippen LogP contribution in [0.5, 0.6) is 0 Å². The molecular weight excluding hydrogens is 322 g/mol. The summed E-state index contributed by atoms with van der Waals surface area (Å²) >= 11 is 0. The van der Waals surface area contributed by atoms with E-state index in [1.54, 1.807) is 48.5 Å². The summed E-state index contributed by atoms with van der Waals surface area (Å²) in [6.45, 7) is 0. The van der Waals surface area contributed by atoms with Crippen LogP contribution in [0.4, 0.5) is 0 Å². The maximum Gasteiger partial charge on any atom is 0.210 e. The number of fused-ring (bicyclic) bond motifs is 4. The minimum absolute atomic E-state index is 0.145. The average molecular weight is 333 g/mol. The topological polar surface area (TPSA) is 56.1 Å². The van der Waals surface area contributed by atoms with Crippen molar-refractivity contribution >= 4 is 31.6 Å². The lowest BCUT2D eigenvalue weighted by Gasteiger charge is -2.24. The molecule has 0 atom stereocenters. The first kappa shape index (κ1) is 13.5. The van der Waals surface area contributed by atoms with Crippen LogP contribution in [0.15, 0.2) is 81.3 Å². The summed E-state index contributed by atoms with van der Waals surface area (Å²) < 4.78 is 27.9. The van der Waals surface area contributed by atoms with Crippen LogP contribution in [-0.4, -0.2) is 13.0 Å². The number of rotatable bonds is 0. The van der Waals surface area contributed by atoms with Gasteiger partial charge in [-0.15, -0.1) is 0 Å². The molecule has 1 aliphatic rings. The van der Waals surface area contributed by atoms with Gasteiger partial charge in [-0.3, -0.25) is 4.79 Å². The van der Waals surface area contributed by atoms with Crippen LogP contribution >= 0.6 is 0 Å². The lowest BCUT2D eigenvalue weighted by Crippen LogP contribution is -2.19. The lowest BCUT2D eigenvalue weighted by atomic mass is 10.1. The molecule has 0 amide bonds. The zero-order chi connectivity index (χ0) is 16.5. The highest BCUT2D eigenvalue weighted by atomic mass is 32.2. The Kier molecular flexibility index (Phi) is 2.44. The van der Waals surface area contributed by atoms with E-state index in [2.05, 4.69) is 0 Å².